The van der Waals surface area contributed by atoms with Gasteiger partial charge in [-0.1, -0.05) is 11.8 Å². The van der Waals surface area contributed by atoms with Gasteiger partial charge in [-0.15, -0.1) is 0 Å². The van der Waals surface area contributed by atoms with E-state index < -0.39 is 0 Å². The largest absolute Gasteiger partial charge is 0.275 e. The van der Waals surface area contributed by atoms with Crippen LogP contribution in [0.5, 0.6) is 0 Å². The molecular formula is C9H13N5S. The molecule has 1 N–H and O–H groups in total. The normalized spacial score (nSPS) is 11.2. The molecule has 1 rings (SSSR count). The third-order valence-corrected chi connectivity index (χ3v) is 2.48. The summed E-state index contributed by atoms with van der Waals surface area (Å²) in [4.78, 5) is 4.27. The van der Waals surface area contributed by atoms with Gasteiger partial charge in [0.05, 0.1) is 12.2 Å². The Morgan fingerprint density at radius 1 is 1.80 bits per heavy atom. The zero-order valence-electron chi connectivity index (χ0n) is 8.98. The zero-order chi connectivity index (χ0) is 11.3. The minimum atomic E-state index is 0.546. The molecule has 0 atom stereocenters. The number of hydrogen-bond acceptors (Lipinski definition) is 4. The summed E-state index contributed by atoms with van der Waals surface area (Å²) in [5, 5.41) is 15.8. The van der Waals surface area contributed by atoms with E-state index in [9.17, 15) is 0 Å². The highest BCUT2D eigenvalue weighted by molar-refractivity contribution is 8.13. The number of nitriles is 1. The van der Waals surface area contributed by atoms with Gasteiger partial charge >= 0.3 is 0 Å². The van der Waals surface area contributed by atoms with Crippen molar-refractivity contribution in [3.05, 3.63) is 17.5 Å². The first-order valence-electron chi connectivity index (χ1n) is 4.40. The molecule has 1 heterocycles. The molecule has 0 spiro atoms. The maximum Gasteiger partial charge on any atom is 0.183 e. The Balaban J connectivity index is 2.70. The summed E-state index contributed by atoms with van der Waals surface area (Å²) in [6.07, 6.45) is 5.66. The van der Waals surface area contributed by atoms with Crippen molar-refractivity contribution in [2.75, 3.05) is 6.26 Å². The number of thioether (sulfide) groups is 1. The molecule has 0 unspecified atom stereocenters. The summed E-state index contributed by atoms with van der Waals surface area (Å²) in [6.45, 7) is 2.49. The molecule has 0 saturated heterocycles. The van der Waals surface area contributed by atoms with E-state index in [0.717, 1.165) is 11.3 Å². The molecule has 80 valence electrons. The smallest absolute Gasteiger partial charge is 0.183 e. The number of rotatable bonds is 2. The average molecular weight is 223 g/mol. The fraction of sp³-hybridized carbons (Fsp3) is 0.444. The second-order valence-corrected chi connectivity index (χ2v) is 3.77. The molecule has 5 nitrogen and oxygen atoms in total. The van der Waals surface area contributed by atoms with Crippen LogP contribution in [-0.4, -0.2) is 21.2 Å². The zero-order valence-corrected chi connectivity index (χ0v) is 9.80. The van der Waals surface area contributed by atoms with Gasteiger partial charge in [-0.05, 0) is 13.2 Å². The first kappa shape index (κ1) is 11.6. The summed E-state index contributed by atoms with van der Waals surface area (Å²) >= 11 is 1.42. The molecule has 0 amide bonds. The Bertz CT molecular complexity index is 401. The van der Waals surface area contributed by atoms with Crippen molar-refractivity contribution < 1.29 is 0 Å². The van der Waals surface area contributed by atoms with Crippen LogP contribution in [-0.2, 0) is 13.6 Å². The Labute approximate surface area is 93.2 Å². The predicted octanol–water partition coefficient (Wildman–Crippen LogP) is 1.02. The van der Waals surface area contributed by atoms with Gasteiger partial charge in [0.15, 0.2) is 11.4 Å². The lowest BCUT2D eigenvalue weighted by molar-refractivity contribution is 0.756. The van der Waals surface area contributed by atoms with E-state index in [0.29, 0.717) is 11.7 Å². The number of aryl methyl sites for hydroxylation is 2. The van der Waals surface area contributed by atoms with E-state index in [1.807, 2.05) is 32.6 Å². The molecule has 0 bridgehead atoms. The van der Waals surface area contributed by atoms with E-state index >= 15 is 0 Å². The van der Waals surface area contributed by atoms with Gasteiger partial charge in [-0.3, -0.25) is 15.0 Å². The standard InChI is InChI=1S/C9H13N5S/c1-7-8(5-14(2)13-7)4-11-9(15-3)12-6-10/h5H,4H2,1-3H3,(H,11,12). The predicted molar refractivity (Wildman–Crippen MR) is 61.3 cm³/mol. The van der Waals surface area contributed by atoms with E-state index in [4.69, 9.17) is 5.26 Å². The van der Waals surface area contributed by atoms with Crippen LogP contribution in [0.4, 0.5) is 0 Å². The van der Waals surface area contributed by atoms with Crippen LogP contribution in [0, 0.1) is 18.4 Å². The molecule has 0 aliphatic rings. The highest BCUT2D eigenvalue weighted by Crippen LogP contribution is 2.07. The first-order valence-corrected chi connectivity index (χ1v) is 5.62. The molecule has 0 fully saturated rings. The number of nitrogens with zero attached hydrogens (tertiary/aromatic N) is 4. The van der Waals surface area contributed by atoms with Crippen molar-refractivity contribution in [1.82, 2.24) is 15.1 Å². The van der Waals surface area contributed by atoms with Crippen LogP contribution in [0.15, 0.2) is 11.2 Å². The quantitative estimate of drug-likeness (QED) is 0.352. The average Bonchev–Trinajstić information content (AvgIpc) is 2.52. The lowest BCUT2D eigenvalue weighted by Crippen LogP contribution is -2.13. The molecule has 1 aromatic rings. The Hall–Kier alpha value is -1.48. The molecule has 0 aliphatic carbocycles. The van der Waals surface area contributed by atoms with E-state index in [-0.39, 0.29) is 0 Å². The van der Waals surface area contributed by atoms with Crippen LogP contribution in [0.1, 0.15) is 11.3 Å². The molecule has 0 aromatic carbocycles. The van der Waals surface area contributed by atoms with Gasteiger partial charge < -0.3 is 0 Å². The van der Waals surface area contributed by atoms with Crippen LogP contribution in [0.3, 0.4) is 0 Å². The maximum absolute atomic E-state index is 8.45. The van der Waals surface area contributed by atoms with Crippen LogP contribution >= 0.6 is 11.8 Å². The summed E-state index contributed by atoms with van der Waals surface area (Å²) in [5.74, 6) is 0. The Morgan fingerprint density at radius 2 is 2.53 bits per heavy atom. The first-order chi connectivity index (χ1) is 7.17. The van der Waals surface area contributed by atoms with Gasteiger partial charge in [0.25, 0.3) is 0 Å². The van der Waals surface area contributed by atoms with E-state index in [1.54, 1.807) is 4.68 Å². The van der Waals surface area contributed by atoms with E-state index in [2.05, 4.69) is 15.4 Å². The van der Waals surface area contributed by atoms with Crippen molar-refractivity contribution in [2.45, 2.75) is 13.5 Å². The summed E-state index contributed by atoms with van der Waals surface area (Å²) in [7, 11) is 1.88. The van der Waals surface area contributed by atoms with Crippen molar-refractivity contribution >= 4 is 16.9 Å². The van der Waals surface area contributed by atoms with Gasteiger partial charge in [0, 0.05) is 18.8 Å². The third-order valence-electron chi connectivity index (χ3n) is 1.86. The van der Waals surface area contributed by atoms with Crippen molar-refractivity contribution in [2.24, 2.45) is 12.0 Å². The second kappa shape index (κ2) is 5.41. The Kier molecular flexibility index (Phi) is 4.18. The number of nitrogens with one attached hydrogen (secondary N) is 1. The molecule has 0 aliphatic heterocycles. The summed E-state index contributed by atoms with van der Waals surface area (Å²) in [6, 6.07) is 0. The Morgan fingerprint density at radius 3 is 3.00 bits per heavy atom. The van der Waals surface area contributed by atoms with Crippen LogP contribution < -0.4 is 5.32 Å². The fourth-order valence-corrected chi connectivity index (χ4v) is 1.51. The maximum atomic E-state index is 8.45. The molecular weight excluding hydrogens is 210 g/mol. The number of aliphatic imine (C=N–C) groups is 1. The molecule has 0 radical (unpaired) electrons. The SMILES string of the molecule is CSC(=NCc1cn(C)nc1C)NC#N. The lowest BCUT2D eigenvalue weighted by Gasteiger charge is -1.98. The molecule has 1 aromatic heterocycles. The van der Waals surface area contributed by atoms with Crippen LogP contribution in [0.25, 0.3) is 0 Å². The van der Waals surface area contributed by atoms with Gasteiger partial charge in [0.2, 0.25) is 0 Å². The van der Waals surface area contributed by atoms with Crippen LogP contribution in [0.2, 0.25) is 0 Å². The van der Waals surface area contributed by atoms with Gasteiger partial charge in [-0.2, -0.15) is 10.4 Å². The van der Waals surface area contributed by atoms with Crippen molar-refractivity contribution in [3.8, 4) is 6.19 Å². The molecule has 6 heteroatoms. The van der Waals surface area contributed by atoms with Crippen molar-refractivity contribution in [3.63, 3.8) is 0 Å². The van der Waals surface area contributed by atoms with Gasteiger partial charge in [0.1, 0.15) is 0 Å². The second-order valence-electron chi connectivity index (χ2n) is 2.98. The summed E-state index contributed by atoms with van der Waals surface area (Å²) in [5.41, 5.74) is 2.04. The number of amidine groups is 1. The third kappa shape index (κ3) is 3.29. The van der Waals surface area contributed by atoms with Gasteiger partial charge in [-0.25, -0.2) is 0 Å². The minimum Gasteiger partial charge on any atom is -0.275 e. The highest BCUT2D eigenvalue weighted by Gasteiger charge is 2.02. The number of aromatic nitrogens is 2. The van der Waals surface area contributed by atoms with E-state index in [1.165, 1.54) is 11.8 Å². The highest BCUT2D eigenvalue weighted by atomic mass is 32.2. The molecule has 0 saturated carbocycles. The minimum absolute atomic E-state index is 0.546. The topological polar surface area (TPSA) is 66.0 Å². The lowest BCUT2D eigenvalue weighted by atomic mass is 10.3. The van der Waals surface area contributed by atoms with Crippen molar-refractivity contribution in [1.29, 1.82) is 5.26 Å². The number of hydrogen-bond donors (Lipinski definition) is 1. The summed E-state index contributed by atoms with van der Waals surface area (Å²) < 4.78 is 1.76. The fourth-order valence-electron chi connectivity index (χ4n) is 1.16. The molecule has 15 heavy (non-hydrogen) atoms. The monoisotopic (exact) mass is 223 g/mol.